The molecular weight excluding hydrogens is 250 g/mol. The third-order valence-electron chi connectivity index (χ3n) is 3.49. The number of nitrogens with one attached hydrogen (secondary N) is 2. The van der Waals surface area contributed by atoms with Gasteiger partial charge in [0, 0.05) is 12.2 Å². The van der Waals surface area contributed by atoms with E-state index in [1.807, 2.05) is 37.3 Å². The summed E-state index contributed by atoms with van der Waals surface area (Å²) < 4.78 is 0. The minimum Gasteiger partial charge on any atom is -0.397 e. The maximum absolute atomic E-state index is 11.3. The molecule has 0 fully saturated rings. The summed E-state index contributed by atoms with van der Waals surface area (Å²) in [5, 5.41) is 6.18. The SMILES string of the molecule is Cc1ccc(N)c(NCc2ccc3c(c2)CC(=O)N3)c1. The van der Waals surface area contributed by atoms with Crippen LogP contribution in [0.4, 0.5) is 17.1 Å². The first kappa shape index (κ1) is 12.5. The van der Waals surface area contributed by atoms with Crippen LogP contribution in [-0.2, 0) is 17.8 Å². The molecule has 20 heavy (non-hydrogen) atoms. The minimum absolute atomic E-state index is 0.0630. The second kappa shape index (κ2) is 4.89. The third-order valence-corrected chi connectivity index (χ3v) is 3.49. The van der Waals surface area contributed by atoms with Crippen LogP contribution in [-0.4, -0.2) is 5.91 Å². The van der Waals surface area contributed by atoms with Gasteiger partial charge in [-0.1, -0.05) is 18.2 Å². The zero-order valence-corrected chi connectivity index (χ0v) is 11.4. The molecule has 1 heterocycles. The maximum atomic E-state index is 11.3. The summed E-state index contributed by atoms with van der Waals surface area (Å²) in [4.78, 5) is 11.3. The molecule has 0 saturated heterocycles. The molecule has 102 valence electrons. The fourth-order valence-corrected chi connectivity index (χ4v) is 2.41. The second-order valence-electron chi connectivity index (χ2n) is 5.16. The van der Waals surface area contributed by atoms with E-state index in [0.717, 1.165) is 28.2 Å². The predicted molar refractivity (Wildman–Crippen MR) is 81.7 cm³/mol. The fraction of sp³-hybridized carbons (Fsp3) is 0.188. The number of carbonyl (C=O) groups is 1. The van der Waals surface area contributed by atoms with Crippen molar-refractivity contribution in [1.29, 1.82) is 0 Å². The summed E-state index contributed by atoms with van der Waals surface area (Å²) in [7, 11) is 0. The molecule has 0 bridgehead atoms. The number of nitrogens with two attached hydrogens (primary N) is 1. The average molecular weight is 267 g/mol. The fourth-order valence-electron chi connectivity index (χ4n) is 2.41. The third kappa shape index (κ3) is 2.45. The Balaban J connectivity index is 1.74. The average Bonchev–Trinajstić information content (AvgIpc) is 2.79. The van der Waals surface area contributed by atoms with E-state index in [2.05, 4.69) is 16.7 Å². The largest absolute Gasteiger partial charge is 0.397 e. The number of rotatable bonds is 3. The van der Waals surface area contributed by atoms with Gasteiger partial charge in [0.15, 0.2) is 0 Å². The molecule has 0 radical (unpaired) electrons. The standard InChI is InChI=1S/C16H17N3O/c1-10-2-4-13(17)15(6-10)18-9-11-3-5-14-12(7-11)8-16(20)19-14/h2-7,18H,8-9,17H2,1H3,(H,19,20). The monoisotopic (exact) mass is 267 g/mol. The van der Waals surface area contributed by atoms with E-state index in [1.54, 1.807) is 0 Å². The van der Waals surface area contributed by atoms with Gasteiger partial charge in [0.2, 0.25) is 5.91 Å². The Bertz CT molecular complexity index is 679. The Kier molecular flexibility index (Phi) is 3.06. The quantitative estimate of drug-likeness (QED) is 0.749. The molecule has 1 aliphatic rings. The number of anilines is 3. The van der Waals surface area contributed by atoms with Crippen molar-refractivity contribution in [1.82, 2.24) is 0 Å². The van der Waals surface area contributed by atoms with Crippen LogP contribution >= 0.6 is 0 Å². The van der Waals surface area contributed by atoms with E-state index in [1.165, 1.54) is 5.56 Å². The number of carbonyl (C=O) groups excluding carboxylic acids is 1. The maximum Gasteiger partial charge on any atom is 0.228 e. The van der Waals surface area contributed by atoms with Crippen molar-refractivity contribution < 1.29 is 4.79 Å². The van der Waals surface area contributed by atoms with E-state index in [4.69, 9.17) is 5.73 Å². The first-order chi connectivity index (χ1) is 9.61. The number of benzene rings is 2. The number of fused-ring (bicyclic) bond motifs is 1. The topological polar surface area (TPSA) is 67.1 Å². The van der Waals surface area contributed by atoms with E-state index < -0.39 is 0 Å². The van der Waals surface area contributed by atoms with Gasteiger partial charge in [-0.3, -0.25) is 4.79 Å². The summed E-state index contributed by atoms with van der Waals surface area (Å²) >= 11 is 0. The van der Waals surface area contributed by atoms with Crippen molar-refractivity contribution in [2.45, 2.75) is 19.9 Å². The molecule has 0 aliphatic carbocycles. The molecule has 1 amide bonds. The first-order valence-electron chi connectivity index (χ1n) is 6.63. The van der Waals surface area contributed by atoms with E-state index >= 15 is 0 Å². The lowest BCUT2D eigenvalue weighted by atomic mass is 10.1. The van der Waals surface area contributed by atoms with Crippen molar-refractivity contribution in [2.24, 2.45) is 0 Å². The van der Waals surface area contributed by atoms with Crippen molar-refractivity contribution in [3.05, 3.63) is 53.1 Å². The van der Waals surface area contributed by atoms with Gasteiger partial charge in [-0.2, -0.15) is 0 Å². The molecule has 0 saturated carbocycles. The molecule has 0 unspecified atom stereocenters. The van der Waals surface area contributed by atoms with Crippen molar-refractivity contribution in [2.75, 3.05) is 16.4 Å². The van der Waals surface area contributed by atoms with Gasteiger partial charge < -0.3 is 16.4 Å². The lowest BCUT2D eigenvalue weighted by Crippen LogP contribution is -2.03. The molecule has 4 heteroatoms. The number of aryl methyl sites for hydroxylation is 1. The zero-order valence-electron chi connectivity index (χ0n) is 11.4. The molecule has 4 nitrogen and oxygen atoms in total. The molecule has 2 aromatic carbocycles. The van der Waals surface area contributed by atoms with E-state index in [9.17, 15) is 4.79 Å². The molecular formula is C16H17N3O. The number of nitrogen functional groups attached to an aromatic ring is 1. The number of hydrogen-bond donors (Lipinski definition) is 3. The minimum atomic E-state index is 0.0630. The van der Waals surface area contributed by atoms with Gasteiger partial charge in [-0.05, 0) is 41.8 Å². The molecule has 0 atom stereocenters. The highest BCUT2D eigenvalue weighted by atomic mass is 16.1. The van der Waals surface area contributed by atoms with Crippen LogP contribution in [0.15, 0.2) is 36.4 Å². The summed E-state index contributed by atoms with van der Waals surface area (Å²) in [5.74, 6) is 0.0630. The Morgan fingerprint density at radius 2 is 2.10 bits per heavy atom. The number of amides is 1. The van der Waals surface area contributed by atoms with Gasteiger partial charge in [0.1, 0.15) is 0 Å². The molecule has 0 aromatic heterocycles. The first-order valence-corrected chi connectivity index (χ1v) is 6.63. The van der Waals surface area contributed by atoms with Crippen molar-refractivity contribution in [3.63, 3.8) is 0 Å². The van der Waals surface area contributed by atoms with Crippen LogP contribution in [0.25, 0.3) is 0 Å². The van der Waals surface area contributed by atoms with Crippen molar-refractivity contribution >= 4 is 23.0 Å². The summed E-state index contributed by atoms with van der Waals surface area (Å²) in [6.07, 6.45) is 0.468. The lowest BCUT2D eigenvalue weighted by molar-refractivity contribution is -0.115. The summed E-state index contributed by atoms with van der Waals surface area (Å²) in [6.45, 7) is 2.73. The smallest absolute Gasteiger partial charge is 0.228 e. The summed E-state index contributed by atoms with van der Waals surface area (Å²) in [6, 6.07) is 12.0. The normalized spacial score (nSPS) is 12.9. The van der Waals surface area contributed by atoms with Crippen LogP contribution in [0.2, 0.25) is 0 Å². The highest BCUT2D eigenvalue weighted by Crippen LogP contribution is 2.25. The Labute approximate surface area is 118 Å². The Morgan fingerprint density at radius 3 is 2.95 bits per heavy atom. The van der Waals surface area contributed by atoms with Crippen LogP contribution in [0, 0.1) is 6.92 Å². The molecule has 2 aromatic rings. The highest BCUT2D eigenvalue weighted by molar-refractivity contribution is 5.99. The van der Waals surface area contributed by atoms with Crippen LogP contribution in [0.3, 0.4) is 0 Å². The molecule has 3 rings (SSSR count). The van der Waals surface area contributed by atoms with Crippen LogP contribution < -0.4 is 16.4 Å². The van der Waals surface area contributed by atoms with Crippen molar-refractivity contribution in [3.8, 4) is 0 Å². The Morgan fingerprint density at radius 1 is 1.25 bits per heavy atom. The van der Waals surface area contributed by atoms with Crippen LogP contribution in [0.1, 0.15) is 16.7 Å². The molecule has 4 N–H and O–H groups in total. The van der Waals surface area contributed by atoms with Gasteiger partial charge in [0.25, 0.3) is 0 Å². The molecule has 0 spiro atoms. The van der Waals surface area contributed by atoms with E-state index in [0.29, 0.717) is 13.0 Å². The highest BCUT2D eigenvalue weighted by Gasteiger charge is 2.17. The second-order valence-corrected chi connectivity index (χ2v) is 5.16. The van der Waals surface area contributed by atoms with Gasteiger partial charge >= 0.3 is 0 Å². The predicted octanol–water partition coefficient (Wildman–Crippen LogP) is 2.68. The number of hydrogen-bond acceptors (Lipinski definition) is 3. The van der Waals surface area contributed by atoms with Gasteiger partial charge in [-0.15, -0.1) is 0 Å². The lowest BCUT2D eigenvalue weighted by Gasteiger charge is -2.11. The van der Waals surface area contributed by atoms with Crippen LogP contribution in [0.5, 0.6) is 0 Å². The van der Waals surface area contributed by atoms with Gasteiger partial charge in [-0.25, -0.2) is 0 Å². The Hall–Kier alpha value is -2.49. The molecule has 1 aliphatic heterocycles. The zero-order chi connectivity index (χ0) is 14.1. The summed E-state index contributed by atoms with van der Waals surface area (Å²) in [5.41, 5.74) is 11.9. The van der Waals surface area contributed by atoms with E-state index in [-0.39, 0.29) is 5.91 Å². The van der Waals surface area contributed by atoms with Gasteiger partial charge in [0.05, 0.1) is 17.8 Å².